The summed E-state index contributed by atoms with van der Waals surface area (Å²) in [6.45, 7) is 0. The number of hydrogen-bond donors (Lipinski definition) is 0. The average Bonchev–Trinajstić information content (AvgIpc) is 2.72. The molecular weight excluding hydrogens is 242 g/mol. The van der Waals surface area contributed by atoms with E-state index in [-0.39, 0.29) is 23.7 Å². The summed E-state index contributed by atoms with van der Waals surface area (Å²) >= 11 is 0. The van der Waals surface area contributed by atoms with E-state index in [1.54, 1.807) is 30.3 Å². The monoisotopic (exact) mass is 257 g/mol. The topological polar surface area (TPSA) is 54.5 Å². The van der Waals surface area contributed by atoms with E-state index < -0.39 is 5.91 Å². The van der Waals surface area contributed by atoms with Crippen LogP contribution in [0, 0.1) is 11.8 Å². The first-order chi connectivity index (χ1) is 9.20. The van der Waals surface area contributed by atoms with Crippen molar-refractivity contribution in [3.8, 4) is 0 Å². The molecule has 0 aromatic heterocycles. The van der Waals surface area contributed by atoms with E-state index in [9.17, 15) is 14.4 Å². The predicted molar refractivity (Wildman–Crippen MR) is 68.1 cm³/mol. The van der Waals surface area contributed by atoms with Crippen molar-refractivity contribution in [3.05, 3.63) is 35.9 Å². The second-order valence-electron chi connectivity index (χ2n) is 5.18. The number of rotatable bonds is 1. The van der Waals surface area contributed by atoms with Gasteiger partial charge in [0.2, 0.25) is 11.8 Å². The summed E-state index contributed by atoms with van der Waals surface area (Å²) in [5.41, 5.74) is 0.392. The van der Waals surface area contributed by atoms with Gasteiger partial charge in [-0.25, -0.2) is 4.90 Å². The number of amides is 3. The van der Waals surface area contributed by atoms with Gasteiger partial charge in [0.05, 0.1) is 11.8 Å². The lowest BCUT2D eigenvalue weighted by molar-refractivity contribution is -0.136. The zero-order valence-corrected chi connectivity index (χ0v) is 10.5. The molecule has 19 heavy (non-hydrogen) atoms. The van der Waals surface area contributed by atoms with Crippen LogP contribution in [-0.4, -0.2) is 22.6 Å². The van der Waals surface area contributed by atoms with Crippen molar-refractivity contribution < 1.29 is 14.4 Å². The molecule has 2 fully saturated rings. The summed E-state index contributed by atoms with van der Waals surface area (Å²) in [5.74, 6) is -1.63. The SMILES string of the molecule is O=C(c1ccccc1)N1C(=O)C2CCCCC2C1=O. The molecule has 0 bridgehead atoms. The van der Waals surface area contributed by atoms with E-state index in [4.69, 9.17) is 0 Å². The molecule has 1 aliphatic heterocycles. The molecule has 4 nitrogen and oxygen atoms in total. The molecule has 0 radical (unpaired) electrons. The Morgan fingerprint density at radius 3 is 2.00 bits per heavy atom. The second kappa shape index (κ2) is 4.61. The molecule has 4 heteroatoms. The quantitative estimate of drug-likeness (QED) is 0.723. The molecule has 2 unspecified atom stereocenters. The Hall–Kier alpha value is -1.97. The highest BCUT2D eigenvalue weighted by Crippen LogP contribution is 2.38. The average molecular weight is 257 g/mol. The highest BCUT2D eigenvalue weighted by molar-refractivity contribution is 6.21. The first-order valence-electron chi connectivity index (χ1n) is 6.67. The molecule has 1 aromatic carbocycles. The van der Waals surface area contributed by atoms with E-state index >= 15 is 0 Å². The van der Waals surface area contributed by atoms with Crippen LogP contribution in [0.25, 0.3) is 0 Å². The Labute approximate surface area is 111 Å². The van der Waals surface area contributed by atoms with Crippen molar-refractivity contribution in [2.24, 2.45) is 11.8 Å². The number of hydrogen-bond acceptors (Lipinski definition) is 3. The zero-order chi connectivity index (χ0) is 13.4. The van der Waals surface area contributed by atoms with Crippen molar-refractivity contribution in [2.45, 2.75) is 25.7 Å². The number of benzene rings is 1. The number of imide groups is 3. The molecule has 1 saturated heterocycles. The lowest BCUT2D eigenvalue weighted by Gasteiger charge is -2.19. The Balaban J connectivity index is 1.91. The van der Waals surface area contributed by atoms with E-state index in [1.165, 1.54) is 0 Å². The summed E-state index contributed by atoms with van der Waals surface area (Å²) < 4.78 is 0. The number of likely N-dealkylation sites (tertiary alicyclic amines) is 1. The number of carbonyl (C=O) groups excluding carboxylic acids is 3. The van der Waals surface area contributed by atoms with Crippen LogP contribution in [-0.2, 0) is 9.59 Å². The standard InChI is InChI=1S/C15H15NO3/c17-13(10-6-2-1-3-7-10)16-14(18)11-8-4-5-9-12(11)15(16)19/h1-3,6-7,11-12H,4-5,8-9H2. The third-order valence-corrected chi connectivity index (χ3v) is 4.06. The van der Waals surface area contributed by atoms with Crippen molar-refractivity contribution in [3.63, 3.8) is 0 Å². The molecule has 3 rings (SSSR count). The minimum absolute atomic E-state index is 0.270. The fourth-order valence-electron chi connectivity index (χ4n) is 3.07. The normalized spacial score (nSPS) is 26.4. The van der Waals surface area contributed by atoms with Gasteiger partial charge in [-0.05, 0) is 25.0 Å². The number of nitrogens with zero attached hydrogens (tertiary/aromatic N) is 1. The van der Waals surface area contributed by atoms with Crippen LogP contribution in [0.3, 0.4) is 0 Å². The smallest absolute Gasteiger partial charge is 0.267 e. The van der Waals surface area contributed by atoms with Crippen LogP contribution in [0.4, 0.5) is 0 Å². The van der Waals surface area contributed by atoms with Crippen LogP contribution in [0.15, 0.2) is 30.3 Å². The van der Waals surface area contributed by atoms with Crippen molar-refractivity contribution in [1.82, 2.24) is 4.90 Å². The molecule has 1 saturated carbocycles. The van der Waals surface area contributed by atoms with Crippen molar-refractivity contribution in [1.29, 1.82) is 0 Å². The molecule has 0 N–H and O–H groups in total. The van der Waals surface area contributed by atoms with Gasteiger partial charge in [0.15, 0.2) is 0 Å². The highest BCUT2D eigenvalue weighted by Gasteiger charge is 2.50. The van der Waals surface area contributed by atoms with E-state index in [2.05, 4.69) is 0 Å². The molecular formula is C15H15NO3. The summed E-state index contributed by atoms with van der Waals surface area (Å²) in [4.78, 5) is 37.7. The van der Waals surface area contributed by atoms with Gasteiger partial charge in [0, 0.05) is 5.56 Å². The Kier molecular flexibility index (Phi) is 2.93. The molecule has 0 spiro atoms. The van der Waals surface area contributed by atoms with Crippen LogP contribution >= 0.6 is 0 Å². The first kappa shape index (κ1) is 12.1. The molecule has 1 aromatic rings. The van der Waals surface area contributed by atoms with E-state index in [0.29, 0.717) is 5.56 Å². The van der Waals surface area contributed by atoms with Crippen molar-refractivity contribution in [2.75, 3.05) is 0 Å². The predicted octanol–water partition coefficient (Wildman–Crippen LogP) is 2.00. The molecule has 2 atom stereocenters. The lowest BCUT2D eigenvalue weighted by Crippen LogP contribution is -2.37. The van der Waals surface area contributed by atoms with Crippen molar-refractivity contribution >= 4 is 17.7 Å². The zero-order valence-electron chi connectivity index (χ0n) is 10.5. The minimum Gasteiger partial charge on any atom is -0.274 e. The summed E-state index contributed by atoms with van der Waals surface area (Å²) in [7, 11) is 0. The molecule has 2 aliphatic rings. The van der Waals surface area contributed by atoms with Gasteiger partial charge in [-0.15, -0.1) is 0 Å². The van der Waals surface area contributed by atoms with Gasteiger partial charge < -0.3 is 0 Å². The Morgan fingerprint density at radius 2 is 1.47 bits per heavy atom. The maximum absolute atomic E-state index is 12.3. The van der Waals surface area contributed by atoms with E-state index in [0.717, 1.165) is 30.6 Å². The highest BCUT2D eigenvalue weighted by atomic mass is 16.2. The van der Waals surface area contributed by atoms with Gasteiger partial charge in [-0.2, -0.15) is 0 Å². The Morgan fingerprint density at radius 1 is 0.947 bits per heavy atom. The third kappa shape index (κ3) is 1.87. The van der Waals surface area contributed by atoms with Crippen LogP contribution in [0.2, 0.25) is 0 Å². The molecule has 3 amide bonds. The van der Waals surface area contributed by atoms with Gasteiger partial charge in [-0.3, -0.25) is 14.4 Å². The fraction of sp³-hybridized carbons (Fsp3) is 0.400. The summed E-state index contributed by atoms with van der Waals surface area (Å²) in [5, 5.41) is 0. The van der Waals surface area contributed by atoms with E-state index in [1.807, 2.05) is 0 Å². The lowest BCUT2D eigenvalue weighted by atomic mass is 9.81. The largest absolute Gasteiger partial charge is 0.274 e. The minimum atomic E-state index is -0.481. The fourth-order valence-corrected chi connectivity index (χ4v) is 3.07. The molecule has 1 aliphatic carbocycles. The first-order valence-corrected chi connectivity index (χ1v) is 6.67. The van der Waals surface area contributed by atoms with Gasteiger partial charge in [0.1, 0.15) is 0 Å². The van der Waals surface area contributed by atoms with Crippen LogP contribution in [0.1, 0.15) is 36.0 Å². The maximum Gasteiger partial charge on any atom is 0.267 e. The van der Waals surface area contributed by atoms with Gasteiger partial charge in [-0.1, -0.05) is 31.0 Å². The van der Waals surface area contributed by atoms with Gasteiger partial charge in [0.25, 0.3) is 5.91 Å². The van der Waals surface area contributed by atoms with Crippen LogP contribution < -0.4 is 0 Å². The number of fused-ring (bicyclic) bond motifs is 1. The second-order valence-corrected chi connectivity index (χ2v) is 5.18. The maximum atomic E-state index is 12.3. The summed E-state index contributed by atoms with van der Waals surface area (Å²) in [6.07, 6.45) is 3.39. The molecule has 98 valence electrons. The molecule has 1 heterocycles. The van der Waals surface area contributed by atoms with Gasteiger partial charge >= 0.3 is 0 Å². The van der Waals surface area contributed by atoms with Crippen LogP contribution in [0.5, 0.6) is 0 Å². The third-order valence-electron chi connectivity index (χ3n) is 4.06. The summed E-state index contributed by atoms with van der Waals surface area (Å²) in [6, 6.07) is 8.51. The Bertz CT molecular complexity index is 514. The number of carbonyl (C=O) groups is 3.